The van der Waals surface area contributed by atoms with Crippen molar-refractivity contribution in [2.45, 2.75) is 0 Å². The first kappa shape index (κ1) is 32.8. The molecule has 4 aromatic heterocycles. The lowest BCUT2D eigenvalue weighted by molar-refractivity contribution is 1.38. The number of rotatable bonds is 6. The van der Waals surface area contributed by atoms with Crippen LogP contribution in [0.2, 0.25) is 0 Å². The highest BCUT2D eigenvalue weighted by molar-refractivity contribution is 7.25. The number of nitrogens with zero attached hydrogens (tertiary/aromatic N) is 2. The Morgan fingerprint density at radius 2 is 0.552 bits per heavy atom. The maximum Gasteiger partial charge on any atom is 0.102 e. The van der Waals surface area contributed by atoms with Gasteiger partial charge in [-0.2, -0.15) is 0 Å². The molecular weight excluding hydrogens is 781 g/mol. The molecule has 0 N–H and O–H groups in total. The molecular formula is C52H30N2S4. The highest BCUT2D eigenvalue weighted by Crippen LogP contribution is 2.53. The van der Waals surface area contributed by atoms with Crippen LogP contribution in [0.25, 0.3) is 83.4 Å². The first-order valence-corrected chi connectivity index (χ1v) is 22.7. The standard InChI is InChI=1S/C52H30N2S4/c1-5-19-43-31(11-1)27-47(55-43)53(48-28-32-12-2-6-20-44(32)56-48)41-25-23-37-38-24-26-42(40-18-10-16-36(52(38)40)35-15-9-17-39(41)51(35)37)54(49-29-33-13-3-7-21-45(33)57-49)50-30-34-14-4-8-22-46(34)58-50/h1-30H. The van der Waals surface area contributed by atoms with Crippen molar-refractivity contribution in [2.75, 3.05) is 9.80 Å². The minimum atomic E-state index is 1.20. The number of anilines is 6. The summed E-state index contributed by atoms with van der Waals surface area (Å²) in [4.78, 5) is 5.01. The maximum absolute atomic E-state index is 2.51. The number of fused-ring (bicyclic) bond motifs is 6. The summed E-state index contributed by atoms with van der Waals surface area (Å²) in [6, 6.07) is 67.7. The van der Waals surface area contributed by atoms with E-state index in [9.17, 15) is 0 Å². The zero-order chi connectivity index (χ0) is 37.9. The predicted octanol–water partition coefficient (Wildman–Crippen LogP) is 17.5. The average Bonchev–Trinajstić information content (AvgIpc) is 4.08. The van der Waals surface area contributed by atoms with E-state index in [1.165, 1.54) is 115 Å². The van der Waals surface area contributed by atoms with Crippen molar-refractivity contribution in [2.24, 2.45) is 0 Å². The van der Waals surface area contributed by atoms with Gasteiger partial charge in [-0.15, -0.1) is 45.3 Å². The summed E-state index contributed by atoms with van der Waals surface area (Å²) in [6.07, 6.45) is 0. The lowest BCUT2D eigenvalue weighted by atomic mass is 9.88. The number of hydrogen-bond donors (Lipinski definition) is 0. The minimum Gasteiger partial charge on any atom is -0.292 e. The van der Waals surface area contributed by atoms with E-state index in [4.69, 9.17) is 0 Å². The smallest absolute Gasteiger partial charge is 0.102 e. The monoisotopic (exact) mass is 810 g/mol. The van der Waals surface area contributed by atoms with Crippen LogP contribution >= 0.6 is 45.3 Å². The predicted molar refractivity (Wildman–Crippen MR) is 259 cm³/mol. The summed E-state index contributed by atoms with van der Waals surface area (Å²) < 4.78 is 5.18. The van der Waals surface area contributed by atoms with Crippen LogP contribution in [0.4, 0.5) is 31.4 Å². The van der Waals surface area contributed by atoms with Crippen molar-refractivity contribution in [3.63, 3.8) is 0 Å². The fourth-order valence-electron chi connectivity index (χ4n) is 9.07. The first-order chi connectivity index (χ1) is 28.7. The Morgan fingerprint density at radius 1 is 0.259 bits per heavy atom. The molecule has 0 aliphatic carbocycles. The molecule has 0 fully saturated rings. The van der Waals surface area contributed by atoms with Crippen molar-refractivity contribution in [3.05, 3.63) is 182 Å². The van der Waals surface area contributed by atoms with Gasteiger partial charge in [-0.3, -0.25) is 9.80 Å². The van der Waals surface area contributed by atoms with Crippen LogP contribution in [0.5, 0.6) is 0 Å². The molecule has 0 amide bonds. The van der Waals surface area contributed by atoms with Crippen molar-refractivity contribution in [1.82, 2.24) is 0 Å². The molecule has 0 saturated heterocycles. The summed E-state index contributed by atoms with van der Waals surface area (Å²) in [5, 5.41) is 20.2. The lowest BCUT2D eigenvalue weighted by Crippen LogP contribution is -2.08. The summed E-state index contributed by atoms with van der Waals surface area (Å²) in [7, 11) is 0. The third-order valence-electron chi connectivity index (χ3n) is 11.6. The van der Waals surface area contributed by atoms with E-state index in [2.05, 4.69) is 192 Å². The van der Waals surface area contributed by atoms with E-state index < -0.39 is 0 Å². The molecule has 0 radical (unpaired) electrons. The van der Waals surface area contributed by atoms with Gasteiger partial charge >= 0.3 is 0 Å². The summed E-state index contributed by atoms with van der Waals surface area (Å²) in [5.74, 6) is 0. The van der Waals surface area contributed by atoms with Gasteiger partial charge in [0.2, 0.25) is 0 Å². The molecule has 2 nitrogen and oxygen atoms in total. The minimum absolute atomic E-state index is 1.20. The van der Waals surface area contributed by atoms with E-state index >= 15 is 0 Å². The van der Waals surface area contributed by atoms with E-state index in [0.29, 0.717) is 0 Å². The van der Waals surface area contributed by atoms with Crippen LogP contribution in [0, 0.1) is 0 Å². The Labute approximate surface area is 349 Å². The second-order valence-electron chi connectivity index (χ2n) is 14.9. The molecule has 0 bridgehead atoms. The summed E-state index contributed by atoms with van der Waals surface area (Å²) in [6.45, 7) is 0. The van der Waals surface area contributed by atoms with Gasteiger partial charge in [-0.1, -0.05) is 121 Å². The molecule has 0 saturated carbocycles. The first-order valence-electron chi connectivity index (χ1n) is 19.4. The lowest BCUT2D eigenvalue weighted by Gasteiger charge is -2.26. The fourth-order valence-corrected chi connectivity index (χ4v) is 13.6. The number of thiophene rings is 4. The molecule has 9 aromatic carbocycles. The molecule has 0 atom stereocenters. The van der Waals surface area contributed by atoms with Crippen molar-refractivity contribution < 1.29 is 0 Å². The van der Waals surface area contributed by atoms with Gasteiger partial charge in [0.05, 0.1) is 11.4 Å². The van der Waals surface area contributed by atoms with Crippen molar-refractivity contribution >= 4 is 160 Å². The molecule has 272 valence electrons. The molecule has 6 heteroatoms. The normalized spacial score (nSPS) is 12.1. The largest absolute Gasteiger partial charge is 0.292 e. The maximum atomic E-state index is 2.51. The van der Waals surface area contributed by atoms with Gasteiger partial charge in [-0.25, -0.2) is 0 Å². The summed E-state index contributed by atoms with van der Waals surface area (Å²) >= 11 is 7.43. The van der Waals surface area contributed by atoms with Crippen LogP contribution in [0.1, 0.15) is 0 Å². The van der Waals surface area contributed by atoms with E-state index in [1.807, 2.05) is 45.3 Å². The van der Waals surface area contributed by atoms with Gasteiger partial charge < -0.3 is 0 Å². The fraction of sp³-hybridized carbons (Fsp3) is 0. The van der Waals surface area contributed by atoms with Crippen LogP contribution < -0.4 is 9.80 Å². The van der Waals surface area contributed by atoms with Gasteiger partial charge in [-0.05, 0) is 115 Å². The van der Waals surface area contributed by atoms with Crippen molar-refractivity contribution in [1.29, 1.82) is 0 Å². The Morgan fingerprint density at radius 3 is 0.879 bits per heavy atom. The molecule has 0 aliphatic heterocycles. The van der Waals surface area contributed by atoms with Crippen LogP contribution in [-0.4, -0.2) is 0 Å². The van der Waals surface area contributed by atoms with Crippen molar-refractivity contribution in [3.8, 4) is 0 Å². The van der Waals surface area contributed by atoms with Gasteiger partial charge in [0.1, 0.15) is 20.0 Å². The Hall–Kier alpha value is -6.28. The zero-order valence-electron chi connectivity index (χ0n) is 30.8. The topological polar surface area (TPSA) is 6.48 Å². The highest BCUT2D eigenvalue weighted by Gasteiger charge is 2.25. The Bertz CT molecular complexity index is 3190. The molecule has 13 rings (SSSR count). The molecule has 13 aromatic rings. The molecule has 0 spiro atoms. The molecule has 58 heavy (non-hydrogen) atoms. The van der Waals surface area contributed by atoms with Crippen LogP contribution in [0.15, 0.2) is 182 Å². The molecule has 4 heterocycles. The molecule has 0 aliphatic rings. The van der Waals surface area contributed by atoms with Gasteiger partial charge in [0.25, 0.3) is 0 Å². The number of hydrogen-bond acceptors (Lipinski definition) is 6. The third-order valence-corrected chi connectivity index (χ3v) is 16.0. The van der Waals surface area contributed by atoms with Gasteiger partial charge in [0.15, 0.2) is 0 Å². The van der Waals surface area contributed by atoms with E-state index in [1.54, 1.807) is 0 Å². The second-order valence-corrected chi connectivity index (χ2v) is 19.1. The van der Waals surface area contributed by atoms with Crippen LogP contribution in [0.3, 0.4) is 0 Å². The second kappa shape index (κ2) is 12.6. The van der Waals surface area contributed by atoms with E-state index in [0.717, 1.165) is 0 Å². The SMILES string of the molecule is c1ccc2sc(N(c3cc4ccccc4s3)c3ccc4c5ccc(N(c6cc7ccccc7s6)c6cc7ccccc7s6)c6cccc(c7cccc3c74)c65)cc2c1. The Kier molecular flexibility index (Phi) is 7.12. The van der Waals surface area contributed by atoms with Crippen LogP contribution in [-0.2, 0) is 0 Å². The Balaban J connectivity index is 1.07. The quantitative estimate of drug-likeness (QED) is 0.122. The van der Waals surface area contributed by atoms with E-state index in [-0.39, 0.29) is 0 Å². The summed E-state index contributed by atoms with van der Waals surface area (Å²) in [5.41, 5.74) is 2.40. The highest BCUT2D eigenvalue weighted by atomic mass is 32.1. The van der Waals surface area contributed by atoms with Gasteiger partial charge in [0, 0.05) is 29.6 Å². The average molecular weight is 811 g/mol. The third kappa shape index (κ3) is 4.87. The zero-order valence-corrected chi connectivity index (χ0v) is 34.1. The molecule has 0 unspecified atom stereocenters. The number of benzene rings is 9.